The van der Waals surface area contributed by atoms with E-state index in [2.05, 4.69) is 0 Å². The lowest BCUT2D eigenvalue weighted by atomic mass is 9.60. The van der Waals surface area contributed by atoms with Crippen molar-refractivity contribution in [3.63, 3.8) is 0 Å². The highest BCUT2D eigenvalue weighted by molar-refractivity contribution is 5.00. The molecule has 0 saturated heterocycles. The van der Waals surface area contributed by atoms with Crippen molar-refractivity contribution in [1.29, 1.82) is 0 Å². The number of hydrogen-bond acceptors (Lipinski definition) is 0. The number of hydrogen-bond donors (Lipinski definition) is 0. The van der Waals surface area contributed by atoms with Gasteiger partial charge in [0.2, 0.25) is 0 Å². The maximum absolute atomic E-state index is 12.8. The van der Waals surface area contributed by atoms with Crippen LogP contribution in [0.3, 0.4) is 0 Å². The molecular formula is C8H14F2. The fraction of sp³-hybridized carbons (Fsp3) is 1.00. The molecule has 1 aliphatic rings. The van der Waals surface area contributed by atoms with E-state index < -0.39 is 11.3 Å². The molecule has 0 nitrogen and oxygen atoms in total. The van der Waals surface area contributed by atoms with Gasteiger partial charge in [-0.2, -0.15) is 0 Å². The molecule has 0 spiro atoms. The fourth-order valence-corrected chi connectivity index (χ4v) is 1.42. The summed E-state index contributed by atoms with van der Waals surface area (Å²) >= 11 is 0. The molecule has 0 aliphatic heterocycles. The van der Waals surface area contributed by atoms with E-state index in [0.717, 1.165) is 0 Å². The van der Waals surface area contributed by atoms with E-state index >= 15 is 0 Å². The summed E-state index contributed by atoms with van der Waals surface area (Å²) in [7, 11) is 0. The lowest BCUT2D eigenvalue weighted by molar-refractivity contribution is -0.212. The summed E-state index contributed by atoms with van der Waals surface area (Å²) in [6.45, 7) is 5.42. The van der Waals surface area contributed by atoms with Crippen LogP contribution in [0.15, 0.2) is 0 Å². The van der Waals surface area contributed by atoms with E-state index in [1.54, 1.807) is 6.92 Å². The molecule has 0 aromatic heterocycles. The molecule has 0 aromatic carbocycles. The first-order chi connectivity index (χ1) is 4.40. The third-order valence-electron chi connectivity index (χ3n) is 3.07. The molecule has 1 unspecified atom stereocenters. The van der Waals surface area contributed by atoms with Gasteiger partial charge in [-0.3, -0.25) is 0 Å². The summed E-state index contributed by atoms with van der Waals surface area (Å²) in [5.74, 6) is -2.31. The Balaban J connectivity index is 2.71. The second-order valence-electron chi connectivity index (χ2n) is 3.78. The summed E-state index contributed by atoms with van der Waals surface area (Å²) < 4.78 is 25.7. The molecule has 0 N–H and O–H groups in total. The van der Waals surface area contributed by atoms with Gasteiger partial charge in [-0.25, -0.2) is 8.78 Å². The molecule has 1 rings (SSSR count). The minimum absolute atomic E-state index is 0.0850. The van der Waals surface area contributed by atoms with Crippen molar-refractivity contribution in [3.05, 3.63) is 0 Å². The average molecular weight is 148 g/mol. The average Bonchev–Trinajstić information content (AvgIpc) is 1.83. The molecule has 0 radical (unpaired) electrons. The van der Waals surface area contributed by atoms with Gasteiger partial charge < -0.3 is 0 Å². The van der Waals surface area contributed by atoms with Crippen LogP contribution in [0.25, 0.3) is 0 Å². The van der Waals surface area contributed by atoms with Gasteiger partial charge >= 0.3 is 0 Å². The smallest absolute Gasteiger partial charge is 0.206 e. The molecule has 60 valence electrons. The van der Waals surface area contributed by atoms with Gasteiger partial charge in [0.1, 0.15) is 0 Å². The normalized spacial score (nSPS) is 37.8. The summed E-state index contributed by atoms with van der Waals surface area (Å²) in [6.07, 6.45) is 0.763. The summed E-state index contributed by atoms with van der Waals surface area (Å²) in [5.41, 5.74) is -0.715. The molecule has 1 fully saturated rings. The Morgan fingerprint density at radius 3 is 1.70 bits per heavy atom. The predicted octanol–water partition coefficient (Wildman–Crippen LogP) is 3.08. The van der Waals surface area contributed by atoms with Crippen LogP contribution in [-0.2, 0) is 0 Å². The highest BCUT2D eigenvalue weighted by Gasteiger charge is 2.59. The third kappa shape index (κ3) is 0.774. The topological polar surface area (TPSA) is 0 Å². The Kier molecular flexibility index (Phi) is 1.53. The van der Waals surface area contributed by atoms with E-state index in [1.165, 1.54) is 0 Å². The second kappa shape index (κ2) is 1.93. The summed E-state index contributed by atoms with van der Waals surface area (Å²) in [4.78, 5) is 0. The second-order valence-corrected chi connectivity index (χ2v) is 3.78. The number of halogens is 2. The summed E-state index contributed by atoms with van der Waals surface area (Å²) in [6, 6.07) is 0. The molecule has 1 aliphatic carbocycles. The lowest BCUT2D eigenvalue weighted by Gasteiger charge is -2.49. The van der Waals surface area contributed by atoms with E-state index in [4.69, 9.17) is 0 Å². The van der Waals surface area contributed by atoms with Crippen LogP contribution < -0.4 is 0 Å². The van der Waals surface area contributed by atoms with E-state index in [-0.39, 0.29) is 12.3 Å². The summed E-state index contributed by atoms with van der Waals surface area (Å²) in [5, 5.41) is 0. The first kappa shape index (κ1) is 7.96. The molecule has 0 bridgehead atoms. The van der Waals surface area contributed by atoms with Gasteiger partial charge in [-0.05, 0) is 12.3 Å². The Morgan fingerprint density at radius 1 is 1.20 bits per heavy atom. The Labute approximate surface area is 60.6 Å². The van der Waals surface area contributed by atoms with Crippen molar-refractivity contribution in [2.45, 2.75) is 39.5 Å². The fourth-order valence-electron chi connectivity index (χ4n) is 1.42. The molecule has 0 amide bonds. The van der Waals surface area contributed by atoms with Crippen LogP contribution in [0, 0.1) is 11.3 Å². The molecular weight excluding hydrogens is 134 g/mol. The van der Waals surface area contributed by atoms with Crippen molar-refractivity contribution in [3.8, 4) is 0 Å². The van der Waals surface area contributed by atoms with Crippen LogP contribution in [0.2, 0.25) is 0 Å². The van der Waals surface area contributed by atoms with E-state index in [0.29, 0.717) is 6.42 Å². The number of alkyl halides is 2. The van der Waals surface area contributed by atoms with Crippen LogP contribution in [0.1, 0.15) is 33.6 Å². The Hall–Kier alpha value is -0.140. The monoisotopic (exact) mass is 148 g/mol. The van der Waals surface area contributed by atoms with Crippen molar-refractivity contribution in [2.75, 3.05) is 0 Å². The van der Waals surface area contributed by atoms with Crippen molar-refractivity contribution in [2.24, 2.45) is 11.3 Å². The molecule has 0 heterocycles. The van der Waals surface area contributed by atoms with Crippen LogP contribution in [-0.4, -0.2) is 5.92 Å². The van der Waals surface area contributed by atoms with E-state index in [1.807, 2.05) is 13.8 Å². The van der Waals surface area contributed by atoms with Crippen molar-refractivity contribution in [1.82, 2.24) is 0 Å². The molecule has 0 aromatic rings. The third-order valence-corrected chi connectivity index (χ3v) is 3.07. The largest absolute Gasteiger partial charge is 0.253 e. The van der Waals surface area contributed by atoms with Crippen LogP contribution in [0.4, 0.5) is 8.78 Å². The minimum Gasteiger partial charge on any atom is -0.206 e. The maximum atomic E-state index is 12.8. The van der Waals surface area contributed by atoms with Crippen molar-refractivity contribution < 1.29 is 8.78 Å². The molecule has 1 saturated carbocycles. The molecule has 1 atom stereocenters. The Morgan fingerprint density at radius 2 is 1.70 bits per heavy atom. The molecule has 2 heteroatoms. The van der Waals surface area contributed by atoms with Gasteiger partial charge in [0.15, 0.2) is 0 Å². The van der Waals surface area contributed by atoms with Gasteiger partial charge in [0.25, 0.3) is 5.92 Å². The maximum Gasteiger partial charge on any atom is 0.253 e. The van der Waals surface area contributed by atoms with Crippen molar-refractivity contribution >= 4 is 0 Å². The predicted molar refractivity (Wildman–Crippen MR) is 37.1 cm³/mol. The number of rotatable bonds is 1. The standard InChI is InChI=1S/C8H14F2/c1-6(2)7(3)4-5-8(7,9)10/h6H,4-5H2,1-3H3. The SMILES string of the molecule is CC(C)C1(C)CCC1(F)F. The van der Waals surface area contributed by atoms with Gasteiger partial charge in [0, 0.05) is 11.8 Å². The molecule has 10 heavy (non-hydrogen) atoms. The highest BCUT2D eigenvalue weighted by atomic mass is 19.3. The van der Waals surface area contributed by atoms with Crippen LogP contribution >= 0.6 is 0 Å². The van der Waals surface area contributed by atoms with Gasteiger partial charge in [-0.1, -0.05) is 20.8 Å². The first-order valence-electron chi connectivity index (χ1n) is 3.78. The van der Waals surface area contributed by atoms with Gasteiger partial charge in [0.05, 0.1) is 0 Å². The zero-order valence-electron chi connectivity index (χ0n) is 6.75. The zero-order chi connectivity index (χ0) is 7.99. The highest BCUT2D eigenvalue weighted by Crippen LogP contribution is 2.57. The van der Waals surface area contributed by atoms with Crippen LogP contribution in [0.5, 0.6) is 0 Å². The minimum atomic E-state index is -2.40. The quantitative estimate of drug-likeness (QED) is 0.536. The van der Waals surface area contributed by atoms with E-state index in [9.17, 15) is 8.78 Å². The zero-order valence-corrected chi connectivity index (χ0v) is 6.75. The first-order valence-corrected chi connectivity index (χ1v) is 3.78. The van der Waals surface area contributed by atoms with Gasteiger partial charge in [-0.15, -0.1) is 0 Å². The lowest BCUT2D eigenvalue weighted by Crippen LogP contribution is -2.52. The Bertz CT molecular complexity index is 140.